The SMILES string of the molecule is CCC1CCCCN1C(=O)c1cncc(N2CCC(Cc3ccccc3)CC2)c1. The van der Waals surface area contributed by atoms with E-state index in [0.29, 0.717) is 6.04 Å². The molecule has 1 amide bonds. The number of nitrogens with zero attached hydrogens (tertiary/aromatic N) is 3. The molecular formula is C25H33N3O. The molecule has 2 fully saturated rings. The molecule has 2 aliphatic heterocycles. The molecule has 2 saturated heterocycles. The van der Waals surface area contributed by atoms with Gasteiger partial charge in [0.05, 0.1) is 17.4 Å². The van der Waals surface area contributed by atoms with Crippen molar-refractivity contribution in [1.82, 2.24) is 9.88 Å². The first-order chi connectivity index (χ1) is 14.2. The van der Waals surface area contributed by atoms with Crippen molar-refractivity contribution in [1.29, 1.82) is 0 Å². The molecule has 0 aliphatic carbocycles. The van der Waals surface area contributed by atoms with E-state index < -0.39 is 0 Å². The van der Waals surface area contributed by atoms with Crippen LogP contribution in [-0.2, 0) is 6.42 Å². The zero-order chi connectivity index (χ0) is 20.1. The number of carbonyl (C=O) groups is 1. The van der Waals surface area contributed by atoms with Gasteiger partial charge in [0.1, 0.15) is 0 Å². The summed E-state index contributed by atoms with van der Waals surface area (Å²) in [6.07, 6.45) is 11.7. The molecule has 0 spiro atoms. The second-order valence-electron chi connectivity index (χ2n) is 8.61. The van der Waals surface area contributed by atoms with E-state index in [-0.39, 0.29) is 5.91 Å². The van der Waals surface area contributed by atoms with Crippen LogP contribution in [0.1, 0.15) is 61.4 Å². The maximum Gasteiger partial charge on any atom is 0.255 e. The summed E-state index contributed by atoms with van der Waals surface area (Å²) in [7, 11) is 0. The highest BCUT2D eigenvalue weighted by atomic mass is 16.2. The quantitative estimate of drug-likeness (QED) is 0.724. The maximum absolute atomic E-state index is 13.1. The molecule has 1 atom stereocenters. The summed E-state index contributed by atoms with van der Waals surface area (Å²) >= 11 is 0. The fraction of sp³-hybridized carbons (Fsp3) is 0.520. The minimum Gasteiger partial charge on any atom is -0.370 e. The van der Waals surface area contributed by atoms with Gasteiger partial charge in [0.25, 0.3) is 5.91 Å². The van der Waals surface area contributed by atoms with E-state index in [0.717, 1.165) is 56.1 Å². The third-order valence-electron chi connectivity index (χ3n) is 6.68. The van der Waals surface area contributed by atoms with E-state index in [1.165, 1.54) is 31.2 Å². The van der Waals surface area contributed by atoms with Crippen LogP contribution >= 0.6 is 0 Å². The first kappa shape index (κ1) is 19.9. The monoisotopic (exact) mass is 391 g/mol. The van der Waals surface area contributed by atoms with Crippen LogP contribution in [0.15, 0.2) is 48.8 Å². The topological polar surface area (TPSA) is 36.4 Å². The number of anilines is 1. The van der Waals surface area contributed by atoms with Gasteiger partial charge in [0, 0.05) is 31.9 Å². The fourth-order valence-electron chi connectivity index (χ4n) is 4.92. The molecule has 2 aliphatic rings. The Labute approximate surface area is 174 Å². The summed E-state index contributed by atoms with van der Waals surface area (Å²) in [6, 6.07) is 13.3. The predicted molar refractivity (Wildman–Crippen MR) is 118 cm³/mol. The van der Waals surface area contributed by atoms with Crippen molar-refractivity contribution in [2.24, 2.45) is 5.92 Å². The summed E-state index contributed by atoms with van der Waals surface area (Å²) in [5, 5.41) is 0. The summed E-state index contributed by atoms with van der Waals surface area (Å²) in [5.74, 6) is 0.898. The number of piperidine rings is 2. The van der Waals surface area contributed by atoms with Crippen molar-refractivity contribution in [3.63, 3.8) is 0 Å². The van der Waals surface area contributed by atoms with Crippen molar-refractivity contribution >= 4 is 11.6 Å². The predicted octanol–water partition coefficient (Wildman–Crippen LogP) is 4.95. The number of hydrogen-bond acceptors (Lipinski definition) is 3. The average molecular weight is 392 g/mol. The zero-order valence-electron chi connectivity index (χ0n) is 17.6. The Morgan fingerprint density at radius 1 is 1.03 bits per heavy atom. The number of likely N-dealkylation sites (tertiary alicyclic amines) is 1. The van der Waals surface area contributed by atoms with Crippen molar-refractivity contribution in [3.8, 4) is 0 Å². The van der Waals surface area contributed by atoms with Crippen molar-refractivity contribution < 1.29 is 4.79 Å². The van der Waals surface area contributed by atoms with E-state index in [2.05, 4.69) is 58.1 Å². The van der Waals surface area contributed by atoms with Crippen LogP contribution in [0.25, 0.3) is 0 Å². The Bertz CT molecular complexity index is 799. The Morgan fingerprint density at radius 3 is 2.59 bits per heavy atom. The van der Waals surface area contributed by atoms with Crippen LogP contribution in [0, 0.1) is 5.92 Å². The minimum absolute atomic E-state index is 0.157. The van der Waals surface area contributed by atoms with E-state index in [4.69, 9.17) is 0 Å². The third-order valence-corrected chi connectivity index (χ3v) is 6.68. The first-order valence-electron chi connectivity index (χ1n) is 11.3. The molecule has 4 heteroatoms. The van der Waals surface area contributed by atoms with E-state index in [1.807, 2.05) is 6.20 Å². The zero-order valence-corrected chi connectivity index (χ0v) is 17.6. The van der Waals surface area contributed by atoms with Gasteiger partial charge in [-0.05, 0) is 62.5 Å². The number of carbonyl (C=O) groups excluding carboxylic acids is 1. The van der Waals surface area contributed by atoms with Crippen LogP contribution < -0.4 is 4.90 Å². The van der Waals surface area contributed by atoms with Gasteiger partial charge < -0.3 is 9.80 Å². The van der Waals surface area contributed by atoms with Gasteiger partial charge >= 0.3 is 0 Å². The standard InChI is InChI=1S/C25H33N3O/c1-2-23-10-6-7-13-28(23)25(29)22-17-24(19-26-18-22)27-14-11-21(12-15-27)16-20-8-4-3-5-9-20/h3-5,8-9,17-19,21,23H,2,6-7,10-16H2,1H3. The summed E-state index contributed by atoms with van der Waals surface area (Å²) in [6.45, 7) is 5.15. The molecule has 0 radical (unpaired) electrons. The molecule has 4 rings (SSSR count). The molecule has 29 heavy (non-hydrogen) atoms. The van der Waals surface area contributed by atoms with Crippen LogP contribution in [-0.4, -0.2) is 41.5 Å². The lowest BCUT2D eigenvalue weighted by atomic mass is 9.90. The van der Waals surface area contributed by atoms with Gasteiger partial charge in [-0.1, -0.05) is 37.3 Å². The lowest BCUT2D eigenvalue weighted by Gasteiger charge is -2.36. The fourth-order valence-corrected chi connectivity index (χ4v) is 4.92. The number of pyridine rings is 1. The number of rotatable bonds is 5. The van der Waals surface area contributed by atoms with Gasteiger partial charge in [-0.2, -0.15) is 0 Å². The van der Waals surface area contributed by atoms with Crippen LogP contribution in [0.5, 0.6) is 0 Å². The molecule has 4 nitrogen and oxygen atoms in total. The molecule has 154 valence electrons. The van der Waals surface area contributed by atoms with Crippen LogP contribution in [0.4, 0.5) is 5.69 Å². The second kappa shape index (κ2) is 9.43. The third kappa shape index (κ3) is 4.80. The number of aromatic nitrogens is 1. The molecular weight excluding hydrogens is 358 g/mol. The molecule has 0 bridgehead atoms. The van der Waals surface area contributed by atoms with Crippen molar-refractivity contribution in [2.45, 2.75) is 57.9 Å². The lowest BCUT2D eigenvalue weighted by molar-refractivity contribution is 0.0607. The Morgan fingerprint density at radius 2 is 1.83 bits per heavy atom. The van der Waals surface area contributed by atoms with Gasteiger partial charge in [-0.3, -0.25) is 9.78 Å². The molecule has 1 aromatic carbocycles. The van der Waals surface area contributed by atoms with Gasteiger partial charge in [-0.15, -0.1) is 0 Å². The molecule has 0 N–H and O–H groups in total. The number of benzene rings is 1. The van der Waals surface area contributed by atoms with E-state index in [9.17, 15) is 4.79 Å². The normalized spacial score (nSPS) is 20.7. The highest BCUT2D eigenvalue weighted by molar-refractivity contribution is 5.95. The van der Waals surface area contributed by atoms with Gasteiger partial charge in [0.15, 0.2) is 0 Å². The molecule has 1 unspecified atom stereocenters. The number of amides is 1. The number of hydrogen-bond donors (Lipinski definition) is 0. The van der Waals surface area contributed by atoms with Gasteiger partial charge in [-0.25, -0.2) is 0 Å². The summed E-state index contributed by atoms with van der Waals surface area (Å²) in [5.41, 5.74) is 3.28. The molecule has 1 aromatic heterocycles. The highest BCUT2D eigenvalue weighted by Gasteiger charge is 2.27. The molecule has 2 aromatic rings. The Hall–Kier alpha value is -2.36. The van der Waals surface area contributed by atoms with Crippen molar-refractivity contribution in [2.75, 3.05) is 24.5 Å². The average Bonchev–Trinajstić information content (AvgIpc) is 2.80. The smallest absolute Gasteiger partial charge is 0.255 e. The van der Waals surface area contributed by atoms with E-state index >= 15 is 0 Å². The molecule has 0 saturated carbocycles. The first-order valence-corrected chi connectivity index (χ1v) is 11.3. The van der Waals surface area contributed by atoms with Crippen molar-refractivity contribution in [3.05, 3.63) is 59.9 Å². The van der Waals surface area contributed by atoms with Crippen LogP contribution in [0.3, 0.4) is 0 Å². The van der Waals surface area contributed by atoms with Gasteiger partial charge in [0.2, 0.25) is 0 Å². The summed E-state index contributed by atoms with van der Waals surface area (Å²) < 4.78 is 0. The Balaban J connectivity index is 1.38. The van der Waals surface area contributed by atoms with Crippen LogP contribution in [0.2, 0.25) is 0 Å². The lowest BCUT2D eigenvalue weighted by Crippen LogP contribution is -2.43. The largest absolute Gasteiger partial charge is 0.370 e. The summed E-state index contributed by atoms with van der Waals surface area (Å²) in [4.78, 5) is 22.0. The van der Waals surface area contributed by atoms with E-state index in [1.54, 1.807) is 6.20 Å². The molecule has 3 heterocycles. The maximum atomic E-state index is 13.1. The second-order valence-corrected chi connectivity index (χ2v) is 8.61. The Kier molecular flexibility index (Phi) is 6.48. The minimum atomic E-state index is 0.157. The highest BCUT2D eigenvalue weighted by Crippen LogP contribution is 2.27.